The predicted octanol–water partition coefficient (Wildman–Crippen LogP) is 6.25. The number of hydrogen-bond acceptors (Lipinski definition) is 1. The third-order valence-electron chi connectivity index (χ3n) is 3.34. The Morgan fingerprint density at radius 1 is 0.842 bits per heavy atom. The smallest absolute Gasteiger partial charge is 0.137 e. The van der Waals surface area contributed by atoms with E-state index in [0.29, 0.717) is 5.02 Å². The van der Waals surface area contributed by atoms with E-state index >= 15 is 0 Å². The van der Waals surface area contributed by atoms with Crippen LogP contribution in [0.4, 0.5) is 0 Å². The van der Waals surface area contributed by atoms with Crippen molar-refractivity contribution in [2.45, 2.75) is 64.7 Å². The number of ether oxygens (including phenoxy) is 1. The molecule has 1 aromatic carbocycles. The summed E-state index contributed by atoms with van der Waals surface area (Å²) in [6, 6.07) is 7.68. The molecule has 0 N–H and O–H groups in total. The van der Waals surface area contributed by atoms with Gasteiger partial charge in [0.05, 0.1) is 11.6 Å². The number of unbranched alkanes of at least 4 members (excludes halogenated alkanes) is 8. The van der Waals surface area contributed by atoms with Crippen LogP contribution in [0.15, 0.2) is 24.3 Å². The summed E-state index contributed by atoms with van der Waals surface area (Å²) in [6.45, 7) is 3.04. The van der Waals surface area contributed by atoms with Crippen LogP contribution in [-0.2, 0) is 0 Å². The molecule has 1 aromatic rings. The highest BCUT2D eigenvalue weighted by atomic mass is 35.5. The summed E-state index contributed by atoms with van der Waals surface area (Å²) in [5, 5.41) is 0.707. The molecule has 0 aliphatic carbocycles. The maximum absolute atomic E-state index is 6.02. The fourth-order valence-electron chi connectivity index (χ4n) is 2.16. The Labute approximate surface area is 123 Å². The van der Waals surface area contributed by atoms with Gasteiger partial charge in [-0.15, -0.1) is 0 Å². The minimum Gasteiger partial charge on any atom is -0.492 e. The fraction of sp³-hybridized carbons (Fsp3) is 0.647. The molecule has 0 aliphatic rings. The molecular weight excluding hydrogens is 256 g/mol. The van der Waals surface area contributed by atoms with E-state index in [-0.39, 0.29) is 0 Å². The van der Waals surface area contributed by atoms with E-state index in [9.17, 15) is 0 Å². The summed E-state index contributed by atoms with van der Waals surface area (Å²) in [6.07, 6.45) is 12.0. The van der Waals surface area contributed by atoms with E-state index in [4.69, 9.17) is 16.3 Å². The molecule has 19 heavy (non-hydrogen) atoms. The van der Waals surface area contributed by atoms with E-state index in [0.717, 1.165) is 18.8 Å². The first kappa shape index (κ1) is 16.4. The minimum atomic E-state index is 0.707. The van der Waals surface area contributed by atoms with E-state index in [1.165, 1.54) is 51.4 Å². The summed E-state index contributed by atoms with van der Waals surface area (Å²) in [5.41, 5.74) is 0. The number of benzene rings is 1. The molecule has 0 saturated carbocycles. The van der Waals surface area contributed by atoms with E-state index in [2.05, 4.69) is 6.92 Å². The van der Waals surface area contributed by atoms with Crippen LogP contribution in [0.25, 0.3) is 0 Å². The Morgan fingerprint density at radius 3 is 2.05 bits per heavy atom. The Morgan fingerprint density at radius 2 is 1.42 bits per heavy atom. The van der Waals surface area contributed by atoms with Crippen LogP contribution in [0.3, 0.4) is 0 Å². The maximum atomic E-state index is 6.02. The molecule has 0 fully saturated rings. The quantitative estimate of drug-likeness (QED) is 0.436. The largest absolute Gasteiger partial charge is 0.492 e. The van der Waals surface area contributed by atoms with Crippen LogP contribution in [0, 0.1) is 0 Å². The van der Waals surface area contributed by atoms with Gasteiger partial charge in [0.1, 0.15) is 5.75 Å². The first-order valence-corrected chi connectivity index (χ1v) is 8.09. The molecule has 108 valence electrons. The summed E-state index contributed by atoms with van der Waals surface area (Å²) < 4.78 is 5.66. The zero-order valence-corrected chi connectivity index (χ0v) is 12.9. The van der Waals surface area contributed by atoms with Crippen molar-refractivity contribution in [3.8, 4) is 5.75 Å². The molecule has 1 nitrogen and oxygen atoms in total. The molecule has 0 bridgehead atoms. The topological polar surface area (TPSA) is 9.23 Å². The van der Waals surface area contributed by atoms with Gasteiger partial charge in [-0.1, -0.05) is 82.0 Å². The lowest BCUT2D eigenvalue weighted by molar-refractivity contribution is 0.304. The molecule has 2 heteroatoms. The molecule has 0 unspecified atom stereocenters. The SMILES string of the molecule is CCCCCCCCCCCOc1ccccc1Cl. The normalized spacial score (nSPS) is 10.6. The van der Waals surface area contributed by atoms with Crippen molar-refractivity contribution >= 4 is 11.6 Å². The van der Waals surface area contributed by atoms with Gasteiger partial charge in [0.25, 0.3) is 0 Å². The number of halogens is 1. The van der Waals surface area contributed by atoms with Crippen LogP contribution in [0.1, 0.15) is 64.7 Å². The third kappa shape index (κ3) is 8.15. The molecule has 0 atom stereocenters. The highest BCUT2D eigenvalue weighted by Gasteiger charge is 1.98. The Balaban J connectivity index is 1.90. The van der Waals surface area contributed by atoms with E-state index in [1.807, 2.05) is 24.3 Å². The molecule has 1 rings (SSSR count). The standard InChI is InChI=1S/C17H27ClO/c1-2-3-4-5-6-7-8-9-12-15-19-17-14-11-10-13-16(17)18/h10-11,13-14H,2-9,12,15H2,1H3. The van der Waals surface area contributed by atoms with Gasteiger partial charge in [0.15, 0.2) is 0 Å². The van der Waals surface area contributed by atoms with Gasteiger partial charge in [0, 0.05) is 0 Å². The predicted molar refractivity (Wildman–Crippen MR) is 84.2 cm³/mol. The van der Waals surface area contributed by atoms with Crippen LogP contribution in [0.2, 0.25) is 5.02 Å². The van der Waals surface area contributed by atoms with Gasteiger partial charge < -0.3 is 4.74 Å². The number of para-hydroxylation sites is 1. The maximum Gasteiger partial charge on any atom is 0.137 e. The second-order valence-corrected chi connectivity index (χ2v) is 5.51. The number of rotatable bonds is 11. The number of hydrogen-bond donors (Lipinski definition) is 0. The first-order chi connectivity index (χ1) is 9.34. The van der Waals surface area contributed by atoms with Crippen LogP contribution in [-0.4, -0.2) is 6.61 Å². The average molecular weight is 283 g/mol. The summed E-state index contributed by atoms with van der Waals surface area (Å²) >= 11 is 6.02. The van der Waals surface area contributed by atoms with Crippen molar-refractivity contribution in [1.29, 1.82) is 0 Å². The van der Waals surface area contributed by atoms with Crippen molar-refractivity contribution in [2.75, 3.05) is 6.61 Å². The summed E-state index contributed by atoms with van der Waals surface area (Å²) in [7, 11) is 0. The van der Waals surface area contributed by atoms with Gasteiger partial charge in [-0.2, -0.15) is 0 Å². The minimum absolute atomic E-state index is 0.707. The highest BCUT2D eigenvalue weighted by Crippen LogP contribution is 2.23. The van der Waals surface area contributed by atoms with Gasteiger partial charge in [0.2, 0.25) is 0 Å². The lowest BCUT2D eigenvalue weighted by Gasteiger charge is -2.07. The first-order valence-electron chi connectivity index (χ1n) is 7.72. The van der Waals surface area contributed by atoms with E-state index < -0.39 is 0 Å². The van der Waals surface area contributed by atoms with Crippen LogP contribution < -0.4 is 4.74 Å². The third-order valence-corrected chi connectivity index (χ3v) is 3.65. The van der Waals surface area contributed by atoms with Crippen LogP contribution >= 0.6 is 11.6 Å². The zero-order valence-electron chi connectivity index (χ0n) is 12.2. The Kier molecular flexibility index (Phi) is 9.61. The highest BCUT2D eigenvalue weighted by molar-refractivity contribution is 6.32. The average Bonchev–Trinajstić information content (AvgIpc) is 2.43. The molecule has 0 spiro atoms. The second-order valence-electron chi connectivity index (χ2n) is 5.11. The Bertz CT molecular complexity index is 325. The second kappa shape index (κ2) is 11.2. The van der Waals surface area contributed by atoms with Gasteiger partial charge in [-0.25, -0.2) is 0 Å². The fourth-order valence-corrected chi connectivity index (χ4v) is 2.35. The molecule has 0 aliphatic heterocycles. The van der Waals surface area contributed by atoms with Crippen molar-refractivity contribution < 1.29 is 4.74 Å². The summed E-state index contributed by atoms with van der Waals surface area (Å²) in [4.78, 5) is 0. The monoisotopic (exact) mass is 282 g/mol. The lowest BCUT2D eigenvalue weighted by atomic mass is 10.1. The Hall–Kier alpha value is -0.690. The van der Waals surface area contributed by atoms with Gasteiger partial charge >= 0.3 is 0 Å². The molecule has 0 radical (unpaired) electrons. The van der Waals surface area contributed by atoms with Gasteiger partial charge in [-0.05, 0) is 18.6 Å². The lowest BCUT2D eigenvalue weighted by Crippen LogP contribution is -1.97. The molecule has 0 aromatic heterocycles. The van der Waals surface area contributed by atoms with Gasteiger partial charge in [-0.3, -0.25) is 0 Å². The summed E-state index contributed by atoms with van der Waals surface area (Å²) in [5.74, 6) is 0.809. The van der Waals surface area contributed by atoms with Crippen molar-refractivity contribution in [3.05, 3.63) is 29.3 Å². The van der Waals surface area contributed by atoms with Crippen LogP contribution in [0.5, 0.6) is 5.75 Å². The molecule has 0 heterocycles. The van der Waals surface area contributed by atoms with Crippen molar-refractivity contribution in [2.24, 2.45) is 0 Å². The van der Waals surface area contributed by atoms with Crippen molar-refractivity contribution in [1.82, 2.24) is 0 Å². The molecule has 0 saturated heterocycles. The van der Waals surface area contributed by atoms with Crippen molar-refractivity contribution in [3.63, 3.8) is 0 Å². The molecule has 0 amide bonds. The zero-order chi connectivity index (χ0) is 13.8. The van der Waals surface area contributed by atoms with E-state index in [1.54, 1.807) is 0 Å². The molecular formula is C17H27ClO.